The Hall–Kier alpha value is -3.20. The predicted octanol–water partition coefficient (Wildman–Crippen LogP) is 9.53. The van der Waals surface area contributed by atoms with Gasteiger partial charge in [-0.15, -0.1) is 0 Å². The predicted molar refractivity (Wildman–Crippen MR) is 142 cm³/mol. The van der Waals surface area contributed by atoms with E-state index in [-0.39, 0.29) is 0 Å². The fraction of sp³-hybridized carbons (Fsp3) is 0. The summed E-state index contributed by atoms with van der Waals surface area (Å²) in [7, 11) is 0. The molecule has 0 atom stereocenters. The largest absolute Gasteiger partial charge is 0.0888 e. The van der Waals surface area contributed by atoms with Gasteiger partial charge in [-0.1, -0.05) is 78.6 Å². The summed E-state index contributed by atoms with van der Waals surface area (Å²) in [5.74, 6) is 0. The minimum atomic E-state index is 1.11. The molecule has 0 spiro atoms. The molecular weight excluding hydrogens is 424 g/mol. The average Bonchev–Trinajstić information content (AvgIpc) is 2.93. The van der Waals surface area contributed by atoms with Crippen LogP contribution in [0, 0.1) is 0 Å². The van der Waals surface area contributed by atoms with Crippen LogP contribution < -0.4 is 0 Å². The molecule has 6 aromatic carbocycles. The van der Waals surface area contributed by atoms with Crippen molar-refractivity contribution in [2.75, 3.05) is 0 Å². The minimum absolute atomic E-state index is 1.11. The molecule has 0 nitrogen and oxygen atoms in total. The monoisotopic (exact) mass is 442 g/mol. The number of hydrogen-bond donors (Lipinski definition) is 0. The fourth-order valence-electron chi connectivity index (χ4n) is 4.69. The Morgan fingerprint density at radius 1 is 0.406 bits per heavy atom. The molecule has 7 rings (SSSR count). The van der Waals surface area contributed by atoms with Crippen LogP contribution in [0.3, 0.4) is 0 Å². The van der Waals surface area contributed by atoms with Crippen molar-refractivity contribution in [3.8, 4) is 0 Å². The zero-order chi connectivity index (χ0) is 21.2. The van der Waals surface area contributed by atoms with Crippen LogP contribution >= 0.6 is 23.5 Å². The number of fused-ring (bicyclic) bond motifs is 6. The van der Waals surface area contributed by atoms with E-state index in [0.717, 1.165) is 4.91 Å². The van der Waals surface area contributed by atoms with Gasteiger partial charge in [0.15, 0.2) is 0 Å². The van der Waals surface area contributed by atoms with Gasteiger partial charge >= 0.3 is 0 Å². The highest BCUT2D eigenvalue weighted by molar-refractivity contribution is 8.09. The van der Waals surface area contributed by atoms with Crippen LogP contribution in [-0.4, -0.2) is 0 Å². The van der Waals surface area contributed by atoms with Gasteiger partial charge in [0.05, 0.1) is 0 Å². The zero-order valence-corrected chi connectivity index (χ0v) is 18.9. The van der Waals surface area contributed by atoms with E-state index >= 15 is 0 Å². The van der Waals surface area contributed by atoms with Gasteiger partial charge in [-0.25, -0.2) is 0 Å². The second-order valence-electron chi connectivity index (χ2n) is 8.37. The van der Waals surface area contributed by atoms with E-state index < -0.39 is 0 Å². The normalized spacial score (nSPS) is 13.4. The van der Waals surface area contributed by atoms with E-state index in [9.17, 15) is 0 Å². The van der Waals surface area contributed by atoms with Crippen molar-refractivity contribution in [1.29, 1.82) is 0 Å². The van der Waals surface area contributed by atoms with E-state index in [4.69, 9.17) is 0 Å². The molecule has 0 unspecified atom stereocenters. The van der Waals surface area contributed by atoms with Crippen LogP contribution in [-0.2, 0) is 0 Å². The first-order valence-corrected chi connectivity index (χ1v) is 12.3. The molecule has 0 fully saturated rings. The molecule has 32 heavy (non-hydrogen) atoms. The lowest BCUT2D eigenvalue weighted by atomic mass is 10.0. The number of thioether (sulfide) groups is 1. The van der Waals surface area contributed by atoms with Crippen LogP contribution in [0.2, 0.25) is 0 Å². The van der Waals surface area contributed by atoms with E-state index in [1.165, 1.54) is 63.3 Å². The Labute approximate surface area is 194 Å². The molecular formula is C30H18S2. The van der Waals surface area contributed by atoms with Gasteiger partial charge in [0.25, 0.3) is 0 Å². The highest BCUT2D eigenvalue weighted by atomic mass is 32.2. The first kappa shape index (κ1) is 18.4. The van der Waals surface area contributed by atoms with Crippen molar-refractivity contribution in [2.45, 2.75) is 14.7 Å². The molecule has 6 aromatic rings. The van der Waals surface area contributed by atoms with Crippen LogP contribution in [0.25, 0.3) is 48.0 Å². The van der Waals surface area contributed by atoms with Crippen LogP contribution in [0.5, 0.6) is 0 Å². The SMILES string of the molecule is C=C1Sc2cc3cc4ccccc4cc3cc2Sc2cc3cc4ccccc4cc3cc21. The Kier molecular flexibility index (Phi) is 3.96. The van der Waals surface area contributed by atoms with Crippen LogP contribution in [0.15, 0.2) is 118 Å². The first-order valence-electron chi connectivity index (χ1n) is 10.7. The van der Waals surface area contributed by atoms with Gasteiger partial charge in [-0.2, -0.15) is 0 Å². The second kappa shape index (κ2) is 6.90. The molecule has 0 N–H and O–H groups in total. The standard InChI is InChI=1S/C30H18S2/c1-18-27-14-23-10-19-6-2-3-7-20(19)11-24(23)15-28(27)32-30-17-26-13-22-9-5-4-8-21(22)12-25(26)16-29(30)31-18/h2-17H,1H2. The summed E-state index contributed by atoms with van der Waals surface area (Å²) in [6.45, 7) is 4.46. The van der Waals surface area contributed by atoms with E-state index in [0.29, 0.717) is 0 Å². The second-order valence-corrected chi connectivity index (χ2v) is 10.6. The summed E-state index contributed by atoms with van der Waals surface area (Å²) < 4.78 is 0. The van der Waals surface area contributed by atoms with E-state index in [1.54, 1.807) is 11.8 Å². The van der Waals surface area contributed by atoms with Gasteiger partial charge in [0.1, 0.15) is 0 Å². The van der Waals surface area contributed by atoms with Gasteiger partial charge in [0, 0.05) is 25.2 Å². The lowest BCUT2D eigenvalue weighted by Crippen LogP contribution is -1.85. The summed E-state index contributed by atoms with van der Waals surface area (Å²) in [4.78, 5) is 4.98. The number of benzene rings is 6. The van der Waals surface area contributed by atoms with Crippen molar-refractivity contribution >= 4 is 71.5 Å². The third-order valence-electron chi connectivity index (χ3n) is 6.32. The molecule has 1 aliphatic rings. The Balaban J connectivity index is 1.43. The molecule has 0 aromatic heterocycles. The van der Waals surface area contributed by atoms with Crippen molar-refractivity contribution in [3.63, 3.8) is 0 Å². The maximum atomic E-state index is 4.46. The summed E-state index contributed by atoms with van der Waals surface area (Å²) in [6, 6.07) is 35.7. The Morgan fingerprint density at radius 2 is 0.812 bits per heavy atom. The summed E-state index contributed by atoms with van der Waals surface area (Å²) in [6.07, 6.45) is 0. The van der Waals surface area contributed by atoms with Crippen molar-refractivity contribution in [3.05, 3.63) is 109 Å². The van der Waals surface area contributed by atoms with Crippen LogP contribution in [0.1, 0.15) is 5.56 Å². The molecule has 0 saturated carbocycles. The van der Waals surface area contributed by atoms with Crippen molar-refractivity contribution in [1.82, 2.24) is 0 Å². The van der Waals surface area contributed by atoms with Gasteiger partial charge in [0.2, 0.25) is 0 Å². The Bertz CT molecular complexity index is 1740. The summed E-state index contributed by atoms with van der Waals surface area (Å²) in [5.41, 5.74) is 1.24. The van der Waals surface area contributed by atoms with Gasteiger partial charge < -0.3 is 0 Å². The zero-order valence-electron chi connectivity index (χ0n) is 17.3. The number of hydrogen-bond acceptors (Lipinski definition) is 2. The summed E-state index contributed by atoms with van der Waals surface area (Å²) >= 11 is 3.66. The molecule has 0 amide bonds. The molecule has 0 radical (unpaired) electrons. The Morgan fingerprint density at radius 3 is 1.31 bits per heavy atom. The topological polar surface area (TPSA) is 0 Å². The maximum Gasteiger partial charge on any atom is 0.0268 e. The van der Waals surface area contributed by atoms with E-state index in [2.05, 4.69) is 104 Å². The first-order chi connectivity index (χ1) is 15.7. The van der Waals surface area contributed by atoms with E-state index in [1.807, 2.05) is 11.8 Å². The quantitative estimate of drug-likeness (QED) is 0.215. The lowest BCUT2D eigenvalue weighted by molar-refractivity contribution is 1.28. The van der Waals surface area contributed by atoms with Crippen molar-refractivity contribution < 1.29 is 0 Å². The molecule has 0 saturated heterocycles. The molecule has 0 aliphatic carbocycles. The molecule has 150 valence electrons. The lowest BCUT2D eigenvalue weighted by Gasteiger charge is -2.10. The molecule has 1 heterocycles. The van der Waals surface area contributed by atoms with Crippen LogP contribution in [0.4, 0.5) is 0 Å². The summed E-state index contributed by atoms with van der Waals surface area (Å²) in [5, 5.41) is 10.3. The molecule has 0 bridgehead atoms. The highest BCUT2D eigenvalue weighted by Crippen LogP contribution is 2.50. The smallest absolute Gasteiger partial charge is 0.0268 e. The minimum Gasteiger partial charge on any atom is -0.0888 e. The van der Waals surface area contributed by atoms with Gasteiger partial charge in [-0.3, -0.25) is 0 Å². The highest BCUT2D eigenvalue weighted by Gasteiger charge is 2.19. The number of rotatable bonds is 0. The third kappa shape index (κ3) is 2.87. The van der Waals surface area contributed by atoms with Gasteiger partial charge in [-0.05, 0) is 91.6 Å². The third-order valence-corrected chi connectivity index (χ3v) is 8.59. The molecule has 2 heteroatoms. The maximum absolute atomic E-state index is 4.46. The van der Waals surface area contributed by atoms with Crippen molar-refractivity contribution in [2.24, 2.45) is 0 Å². The average molecular weight is 443 g/mol. The fourth-order valence-corrected chi connectivity index (χ4v) is 6.95. The molecule has 1 aliphatic heterocycles.